The van der Waals surface area contributed by atoms with Gasteiger partial charge in [-0.1, -0.05) is 78.9 Å². The van der Waals surface area contributed by atoms with Gasteiger partial charge in [0, 0.05) is 53.7 Å². The van der Waals surface area contributed by atoms with Crippen molar-refractivity contribution >= 4 is 93.7 Å². The van der Waals surface area contributed by atoms with Crippen LogP contribution < -0.4 is 10.4 Å². The van der Waals surface area contributed by atoms with Crippen LogP contribution in [-0.4, -0.2) is 22.9 Å². The van der Waals surface area contributed by atoms with Crippen LogP contribution in [0.2, 0.25) is 0 Å². The Bertz CT molecular complexity index is 2820. The van der Waals surface area contributed by atoms with Gasteiger partial charge in [0.05, 0.1) is 22.2 Å². The quantitative estimate of drug-likeness (QED) is 0.168. The second-order valence-corrected chi connectivity index (χ2v) is 16.0. The zero-order chi connectivity index (χ0) is 35.2. The van der Waals surface area contributed by atoms with Crippen molar-refractivity contribution < 1.29 is 9.31 Å². The Morgan fingerprint density at radius 3 is 1.92 bits per heavy atom. The maximum absolute atomic E-state index is 6.48. The zero-order valence-electron chi connectivity index (χ0n) is 29.6. The Morgan fingerprint density at radius 2 is 1.12 bits per heavy atom. The van der Waals surface area contributed by atoms with Gasteiger partial charge in [-0.2, -0.15) is 0 Å². The van der Waals surface area contributed by atoms with Gasteiger partial charge in [-0.05, 0) is 117 Å². The van der Waals surface area contributed by atoms with Crippen molar-refractivity contribution in [3.63, 3.8) is 0 Å². The fraction of sp³-hybridized carbons (Fsp3) is 0.130. The first-order valence-electron chi connectivity index (χ1n) is 17.9. The summed E-state index contributed by atoms with van der Waals surface area (Å²) >= 11 is 1.85. The number of hydrogen-bond acceptors (Lipinski definition) is 4. The summed E-state index contributed by atoms with van der Waals surface area (Å²) < 4.78 is 17.9. The number of nitrogens with zero attached hydrogens (tertiary/aromatic N) is 2. The van der Waals surface area contributed by atoms with Gasteiger partial charge >= 0.3 is 7.12 Å². The standard InChI is InChI=1S/C46H37BN2O2S/c1-45(2)46(3,4)51-47(50-45)32-18-25-38-37-13-7-9-15-41(37)49(42(38)28-32)34-22-20-33(21-23-34)48(35-19-17-30-11-5-6-12-31(30)27-35)36-24-26-44-40(29-36)39-14-8-10-16-43(39)52-44/h5-29H,1-4H3. The molecule has 1 saturated heterocycles. The van der Waals surface area contributed by atoms with E-state index in [1.807, 2.05) is 11.3 Å². The van der Waals surface area contributed by atoms with Gasteiger partial charge < -0.3 is 18.8 Å². The van der Waals surface area contributed by atoms with E-state index < -0.39 is 18.3 Å². The molecular weight excluding hydrogens is 655 g/mol. The molecule has 1 aliphatic rings. The van der Waals surface area contributed by atoms with E-state index in [1.54, 1.807) is 0 Å². The summed E-state index contributed by atoms with van der Waals surface area (Å²) in [5.74, 6) is 0. The highest BCUT2D eigenvalue weighted by Gasteiger charge is 2.51. The van der Waals surface area contributed by atoms with Crippen LogP contribution in [0.3, 0.4) is 0 Å². The minimum Gasteiger partial charge on any atom is -0.399 e. The summed E-state index contributed by atoms with van der Waals surface area (Å²) in [5.41, 5.74) is 6.93. The molecule has 4 nitrogen and oxygen atoms in total. The van der Waals surface area contributed by atoms with Crippen molar-refractivity contribution in [2.45, 2.75) is 38.9 Å². The molecule has 0 bridgehead atoms. The first kappa shape index (κ1) is 31.3. The van der Waals surface area contributed by atoms with E-state index in [2.05, 4.69) is 189 Å². The van der Waals surface area contributed by atoms with E-state index in [-0.39, 0.29) is 0 Å². The molecule has 1 fully saturated rings. The van der Waals surface area contributed by atoms with Gasteiger partial charge in [0.1, 0.15) is 0 Å². The van der Waals surface area contributed by atoms with Crippen LogP contribution in [0.4, 0.5) is 17.1 Å². The summed E-state index contributed by atoms with van der Waals surface area (Å²) in [4.78, 5) is 2.38. The van der Waals surface area contributed by atoms with Crippen LogP contribution in [0.15, 0.2) is 152 Å². The number of fused-ring (bicyclic) bond motifs is 7. The minimum absolute atomic E-state index is 0.410. The van der Waals surface area contributed by atoms with Gasteiger partial charge in [0.15, 0.2) is 0 Å². The van der Waals surface area contributed by atoms with Gasteiger partial charge in [-0.3, -0.25) is 0 Å². The minimum atomic E-state index is -0.434. The summed E-state index contributed by atoms with van der Waals surface area (Å²) in [7, 11) is -0.434. The van der Waals surface area contributed by atoms with E-state index in [0.717, 1.165) is 39.2 Å². The number of rotatable bonds is 5. The van der Waals surface area contributed by atoms with Gasteiger partial charge in [-0.25, -0.2) is 0 Å². The summed E-state index contributed by atoms with van der Waals surface area (Å²) in [6.45, 7) is 8.41. The Kier molecular flexibility index (Phi) is 6.97. The molecule has 9 aromatic rings. The first-order chi connectivity index (χ1) is 25.2. The van der Waals surface area contributed by atoms with Crippen molar-refractivity contribution in [3.8, 4) is 5.69 Å². The normalized spacial score (nSPS) is 15.4. The van der Waals surface area contributed by atoms with Gasteiger partial charge in [0.2, 0.25) is 0 Å². The molecule has 7 aromatic carbocycles. The second-order valence-electron chi connectivity index (χ2n) is 14.9. The number of para-hydroxylation sites is 1. The lowest BCUT2D eigenvalue weighted by molar-refractivity contribution is 0.00578. The van der Waals surface area contributed by atoms with Crippen LogP contribution in [0.5, 0.6) is 0 Å². The van der Waals surface area contributed by atoms with E-state index >= 15 is 0 Å². The smallest absolute Gasteiger partial charge is 0.399 e. The average molecular weight is 693 g/mol. The molecule has 6 heteroatoms. The highest BCUT2D eigenvalue weighted by atomic mass is 32.1. The maximum Gasteiger partial charge on any atom is 0.494 e. The number of anilines is 3. The SMILES string of the molecule is CC1(C)OB(c2ccc3c4ccccc4n(-c4ccc(N(c5ccc6ccccc6c5)c5ccc6sc7ccccc7c6c5)cc4)c3c2)OC1(C)C. The van der Waals surface area contributed by atoms with E-state index in [9.17, 15) is 0 Å². The van der Waals surface area contributed by atoms with Crippen molar-refractivity contribution in [2.75, 3.05) is 4.90 Å². The number of thiophene rings is 1. The van der Waals surface area contributed by atoms with Crippen LogP contribution >= 0.6 is 11.3 Å². The molecule has 0 amide bonds. The molecule has 0 aliphatic carbocycles. The summed E-state index contributed by atoms with van der Waals surface area (Å²) in [6, 6.07) is 55.2. The molecule has 252 valence electrons. The molecule has 0 spiro atoms. The summed E-state index contributed by atoms with van der Waals surface area (Å²) in [6.07, 6.45) is 0. The molecule has 0 saturated carbocycles. The predicted octanol–water partition coefficient (Wildman–Crippen LogP) is 12.1. The number of aromatic nitrogens is 1. The molecule has 0 N–H and O–H groups in total. The number of benzene rings is 7. The molecule has 0 unspecified atom stereocenters. The fourth-order valence-electron chi connectivity index (χ4n) is 7.76. The molecule has 0 atom stereocenters. The average Bonchev–Trinajstić information content (AvgIpc) is 3.77. The van der Waals surface area contributed by atoms with Crippen LogP contribution in [0, 0.1) is 0 Å². The zero-order valence-corrected chi connectivity index (χ0v) is 30.4. The maximum atomic E-state index is 6.48. The third-order valence-corrected chi connectivity index (χ3v) is 12.4. The Labute approximate surface area is 307 Å². The van der Waals surface area contributed by atoms with Crippen molar-refractivity contribution in [1.29, 1.82) is 0 Å². The van der Waals surface area contributed by atoms with Crippen molar-refractivity contribution in [3.05, 3.63) is 152 Å². The van der Waals surface area contributed by atoms with Crippen molar-refractivity contribution in [2.24, 2.45) is 0 Å². The van der Waals surface area contributed by atoms with E-state index in [0.29, 0.717) is 0 Å². The molecule has 0 radical (unpaired) electrons. The highest BCUT2D eigenvalue weighted by Crippen LogP contribution is 2.42. The topological polar surface area (TPSA) is 26.6 Å². The lowest BCUT2D eigenvalue weighted by Crippen LogP contribution is -2.41. The third kappa shape index (κ3) is 4.90. The van der Waals surface area contributed by atoms with Gasteiger partial charge in [-0.15, -0.1) is 11.3 Å². The Morgan fingerprint density at radius 1 is 0.500 bits per heavy atom. The second kappa shape index (κ2) is 11.6. The molecule has 1 aliphatic heterocycles. The monoisotopic (exact) mass is 692 g/mol. The fourth-order valence-corrected chi connectivity index (χ4v) is 8.84. The van der Waals surface area contributed by atoms with Gasteiger partial charge in [0.25, 0.3) is 0 Å². The molecule has 2 aromatic heterocycles. The van der Waals surface area contributed by atoms with Crippen LogP contribution in [-0.2, 0) is 9.31 Å². The van der Waals surface area contributed by atoms with Crippen LogP contribution in [0.25, 0.3) is 58.4 Å². The molecular formula is C46H37BN2O2S. The molecule has 52 heavy (non-hydrogen) atoms. The lowest BCUT2D eigenvalue weighted by atomic mass is 9.79. The summed E-state index contributed by atoms with van der Waals surface area (Å²) in [5, 5.41) is 7.44. The largest absolute Gasteiger partial charge is 0.494 e. The molecule has 3 heterocycles. The Hall–Kier alpha value is -5.40. The molecule has 10 rings (SSSR count). The highest BCUT2D eigenvalue weighted by molar-refractivity contribution is 7.25. The third-order valence-electron chi connectivity index (χ3n) is 11.2. The first-order valence-corrected chi connectivity index (χ1v) is 18.8. The van der Waals surface area contributed by atoms with E-state index in [4.69, 9.17) is 9.31 Å². The number of hydrogen-bond donors (Lipinski definition) is 0. The van der Waals surface area contributed by atoms with Crippen LogP contribution in [0.1, 0.15) is 27.7 Å². The predicted molar refractivity (Wildman–Crippen MR) is 222 cm³/mol. The van der Waals surface area contributed by atoms with E-state index in [1.165, 1.54) is 41.7 Å². The lowest BCUT2D eigenvalue weighted by Gasteiger charge is -2.32. The Balaban J connectivity index is 1.12. The van der Waals surface area contributed by atoms with Crippen molar-refractivity contribution in [1.82, 2.24) is 4.57 Å².